The van der Waals surface area contributed by atoms with Gasteiger partial charge in [-0.15, -0.1) is 0 Å². The summed E-state index contributed by atoms with van der Waals surface area (Å²) in [4.78, 5) is 30.8. The first-order chi connectivity index (χ1) is 17.4. The lowest BCUT2D eigenvalue weighted by molar-refractivity contribution is -0.137. The van der Waals surface area contributed by atoms with Gasteiger partial charge in [-0.05, 0) is 86.6 Å². The number of esters is 1. The molecule has 1 atom stereocenters. The third-order valence-electron chi connectivity index (χ3n) is 7.64. The van der Waals surface area contributed by atoms with E-state index in [0.717, 1.165) is 44.5 Å². The lowest BCUT2D eigenvalue weighted by Crippen LogP contribution is -2.37. The third-order valence-corrected chi connectivity index (χ3v) is 7.64. The average molecular weight is 487 g/mol. The number of nitrogens with zero attached hydrogens (tertiary/aromatic N) is 2. The molecule has 190 valence electrons. The second-order valence-corrected chi connectivity index (χ2v) is 10.0. The van der Waals surface area contributed by atoms with Gasteiger partial charge in [-0.2, -0.15) is 0 Å². The number of aliphatic imine (C=N–C) groups is 1. The van der Waals surface area contributed by atoms with E-state index in [1.165, 1.54) is 33.4 Å². The Bertz CT molecular complexity index is 1160. The predicted octanol–water partition coefficient (Wildman–Crippen LogP) is 6.31. The van der Waals surface area contributed by atoms with Crippen molar-refractivity contribution < 1.29 is 14.3 Å². The maximum atomic E-state index is 12.0. The van der Waals surface area contributed by atoms with Gasteiger partial charge in [0.2, 0.25) is 5.91 Å². The molecular formula is C31H38N2O3. The molecule has 5 heteroatoms. The number of rotatable bonds is 6. The van der Waals surface area contributed by atoms with Crippen LogP contribution in [0.2, 0.25) is 0 Å². The van der Waals surface area contributed by atoms with Crippen LogP contribution in [0.25, 0.3) is 5.57 Å². The smallest absolute Gasteiger partial charge is 0.330 e. The minimum atomic E-state index is -0.302. The molecule has 0 bridgehead atoms. The average Bonchev–Trinajstić information content (AvgIpc) is 3.15. The van der Waals surface area contributed by atoms with Gasteiger partial charge in [0, 0.05) is 38.2 Å². The largest absolute Gasteiger partial charge is 0.463 e. The van der Waals surface area contributed by atoms with Crippen LogP contribution in [0.3, 0.4) is 0 Å². The minimum Gasteiger partial charge on any atom is -0.463 e. The van der Waals surface area contributed by atoms with Gasteiger partial charge in [-0.25, -0.2) is 4.79 Å². The molecule has 2 heterocycles. The van der Waals surface area contributed by atoms with E-state index in [9.17, 15) is 9.59 Å². The number of amides is 1. The molecule has 1 aromatic rings. The van der Waals surface area contributed by atoms with Crippen LogP contribution in [0.1, 0.15) is 75.5 Å². The molecule has 1 amide bonds. The summed E-state index contributed by atoms with van der Waals surface area (Å²) >= 11 is 0. The fraction of sp³-hybridized carbons (Fsp3) is 0.452. The Balaban J connectivity index is 1.74. The van der Waals surface area contributed by atoms with E-state index in [4.69, 9.17) is 9.73 Å². The number of carbonyl (C=O) groups excluding carboxylic acids is 2. The fourth-order valence-corrected chi connectivity index (χ4v) is 5.71. The standard InChI is InChI=1S/C31H38N2O3/c1-5-36-30(35)11-8-10-25-22(3)26-9-6-7-16-32-31(26)29(27-13-12-21(2)19-28(25)27)20-24-14-17-33(18-15-24)23(4)34/h7-9,11-13,16,19,24,29H,5-6,10,14-15,17-18,20H2,1-4H3/b11-8+. The summed E-state index contributed by atoms with van der Waals surface area (Å²) in [5, 5.41) is 0. The lowest BCUT2D eigenvalue weighted by atomic mass is 9.78. The van der Waals surface area contributed by atoms with Crippen molar-refractivity contribution in [3.63, 3.8) is 0 Å². The van der Waals surface area contributed by atoms with Gasteiger partial charge in [0.15, 0.2) is 0 Å². The number of hydrogen-bond donors (Lipinski definition) is 0. The minimum absolute atomic E-state index is 0.174. The first-order valence-electron chi connectivity index (χ1n) is 13.2. The van der Waals surface area contributed by atoms with E-state index in [1.54, 1.807) is 13.0 Å². The first-order valence-corrected chi connectivity index (χ1v) is 13.2. The van der Waals surface area contributed by atoms with E-state index >= 15 is 0 Å². The zero-order chi connectivity index (χ0) is 25.7. The maximum Gasteiger partial charge on any atom is 0.330 e. The van der Waals surface area contributed by atoms with E-state index < -0.39 is 0 Å². The van der Waals surface area contributed by atoms with Crippen molar-refractivity contribution in [3.8, 4) is 0 Å². The Hall–Kier alpha value is -3.21. The maximum absolute atomic E-state index is 12.0. The van der Waals surface area contributed by atoms with Crippen molar-refractivity contribution in [1.82, 2.24) is 4.90 Å². The molecule has 0 aromatic heterocycles. The highest BCUT2D eigenvalue weighted by molar-refractivity contribution is 6.12. The Morgan fingerprint density at radius 1 is 1.19 bits per heavy atom. The molecule has 1 aliphatic carbocycles. The Kier molecular flexibility index (Phi) is 8.40. The summed E-state index contributed by atoms with van der Waals surface area (Å²) in [6.07, 6.45) is 14.4. The summed E-state index contributed by atoms with van der Waals surface area (Å²) < 4.78 is 5.09. The number of ether oxygens (including phenoxy) is 1. The van der Waals surface area contributed by atoms with Crippen molar-refractivity contribution in [2.45, 2.75) is 65.7 Å². The number of aryl methyl sites for hydroxylation is 1. The molecule has 1 fully saturated rings. The summed E-state index contributed by atoms with van der Waals surface area (Å²) in [7, 11) is 0. The number of piperidine rings is 1. The van der Waals surface area contributed by atoms with Crippen LogP contribution in [-0.2, 0) is 14.3 Å². The molecule has 0 saturated carbocycles. The number of benzene rings is 1. The summed E-state index contributed by atoms with van der Waals surface area (Å²) in [5.74, 6) is 0.600. The normalized spacial score (nSPS) is 20.3. The molecule has 1 aromatic carbocycles. The van der Waals surface area contributed by atoms with Crippen molar-refractivity contribution in [2.24, 2.45) is 10.9 Å². The number of carbonyl (C=O) groups is 2. The third kappa shape index (κ3) is 5.77. The molecule has 1 saturated heterocycles. The van der Waals surface area contributed by atoms with Crippen molar-refractivity contribution in [2.75, 3.05) is 19.7 Å². The summed E-state index contributed by atoms with van der Waals surface area (Å²) in [5.41, 5.74) is 8.62. The van der Waals surface area contributed by atoms with Crippen LogP contribution < -0.4 is 0 Å². The molecule has 4 rings (SSSR count). The monoisotopic (exact) mass is 486 g/mol. The van der Waals surface area contributed by atoms with Crippen LogP contribution in [0, 0.1) is 12.8 Å². The molecule has 5 nitrogen and oxygen atoms in total. The molecule has 36 heavy (non-hydrogen) atoms. The van der Waals surface area contributed by atoms with Gasteiger partial charge in [-0.1, -0.05) is 42.0 Å². The zero-order valence-corrected chi connectivity index (χ0v) is 22.0. The fourth-order valence-electron chi connectivity index (χ4n) is 5.71. The zero-order valence-electron chi connectivity index (χ0n) is 22.0. The van der Waals surface area contributed by atoms with Crippen LogP contribution in [0.5, 0.6) is 0 Å². The SMILES string of the molecule is CCOC(=O)/C=C/CC1=C(C)C2=CCC=CN=C2C(CC2CCN(C(C)=O)CC2)c2ccc(C)cc21. The van der Waals surface area contributed by atoms with Gasteiger partial charge >= 0.3 is 5.97 Å². The van der Waals surface area contributed by atoms with Crippen molar-refractivity contribution in [1.29, 1.82) is 0 Å². The van der Waals surface area contributed by atoms with E-state index in [1.807, 2.05) is 24.1 Å². The molecule has 1 unspecified atom stereocenters. The lowest BCUT2D eigenvalue weighted by Gasteiger charge is -2.34. The molecular weight excluding hydrogens is 448 g/mol. The summed E-state index contributed by atoms with van der Waals surface area (Å²) in [6, 6.07) is 6.77. The van der Waals surface area contributed by atoms with Crippen molar-refractivity contribution in [3.05, 3.63) is 76.5 Å². The molecule has 2 aliphatic heterocycles. The van der Waals surface area contributed by atoms with Crippen molar-refractivity contribution >= 4 is 23.2 Å². The Morgan fingerprint density at radius 3 is 2.69 bits per heavy atom. The number of likely N-dealkylation sites (tertiary alicyclic amines) is 1. The van der Waals surface area contributed by atoms with Gasteiger partial charge in [-0.3, -0.25) is 9.79 Å². The van der Waals surface area contributed by atoms with Gasteiger partial charge in [0.25, 0.3) is 0 Å². The Labute approximate surface area is 215 Å². The Morgan fingerprint density at radius 2 is 1.97 bits per heavy atom. The van der Waals surface area contributed by atoms with Gasteiger partial charge in [0.1, 0.15) is 0 Å². The highest BCUT2D eigenvalue weighted by Crippen LogP contribution is 2.44. The first kappa shape index (κ1) is 25.9. The molecule has 0 radical (unpaired) electrons. The van der Waals surface area contributed by atoms with Gasteiger partial charge in [0.05, 0.1) is 12.3 Å². The molecule has 3 aliphatic rings. The van der Waals surface area contributed by atoms with E-state index in [0.29, 0.717) is 18.9 Å². The van der Waals surface area contributed by atoms with Crippen LogP contribution in [0.15, 0.2) is 64.8 Å². The van der Waals surface area contributed by atoms with Gasteiger partial charge < -0.3 is 9.64 Å². The summed E-state index contributed by atoms with van der Waals surface area (Å²) in [6.45, 7) is 9.87. The predicted molar refractivity (Wildman–Crippen MR) is 146 cm³/mol. The number of fused-ring (bicyclic) bond motifs is 2. The number of hydrogen-bond acceptors (Lipinski definition) is 4. The van der Waals surface area contributed by atoms with E-state index in [2.05, 4.69) is 44.2 Å². The topological polar surface area (TPSA) is 59.0 Å². The van der Waals surface area contributed by atoms with Crippen LogP contribution in [0.4, 0.5) is 0 Å². The van der Waals surface area contributed by atoms with Crippen LogP contribution in [-0.4, -0.2) is 42.2 Å². The highest BCUT2D eigenvalue weighted by atomic mass is 16.5. The second kappa shape index (κ2) is 11.7. The molecule has 0 N–H and O–H groups in total. The quantitative estimate of drug-likeness (QED) is 0.350. The van der Waals surface area contributed by atoms with E-state index in [-0.39, 0.29) is 17.8 Å². The molecule has 0 spiro atoms. The number of allylic oxidation sites excluding steroid dienone is 6. The van der Waals surface area contributed by atoms with Crippen LogP contribution >= 0.6 is 0 Å². The highest BCUT2D eigenvalue weighted by Gasteiger charge is 2.33. The second-order valence-electron chi connectivity index (χ2n) is 10.0.